The van der Waals surface area contributed by atoms with Crippen LogP contribution in [0.25, 0.3) is 0 Å². The van der Waals surface area contributed by atoms with E-state index in [0.29, 0.717) is 0 Å². The van der Waals surface area contributed by atoms with E-state index in [4.69, 9.17) is 36.7 Å². The zero-order chi connectivity index (χ0) is 9.00. The fourth-order valence-electron chi connectivity index (χ4n) is 0. The minimum atomic E-state index is -4.86. The van der Waals surface area contributed by atoms with Crippen LogP contribution in [0.15, 0.2) is 0 Å². The third-order valence-corrected chi connectivity index (χ3v) is 0. The second kappa shape index (κ2) is 6.09. The first-order valence-electron chi connectivity index (χ1n) is 1.57. The Bertz CT molecular complexity index is 149. The van der Waals surface area contributed by atoms with E-state index >= 15 is 0 Å². The summed E-state index contributed by atoms with van der Waals surface area (Å²) in [5.41, 5.74) is 0. The van der Waals surface area contributed by atoms with Crippen molar-refractivity contribution in [1.29, 1.82) is 0 Å². The molecule has 0 bridgehead atoms. The molecular formula is H5LiO8SSi. The molecule has 0 saturated carbocycles. The first kappa shape index (κ1) is 17.6. The average molecular weight is 200 g/mol. The van der Waals surface area contributed by atoms with Gasteiger partial charge in [-0.25, -0.2) is 0 Å². The van der Waals surface area contributed by atoms with E-state index in [-0.39, 0.29) is 18.9 Å². The SMILES string of the molecule is O=S(=O)(O)O.[Li+].[O-][Si](O)(O)O. The molecular weight excluding hydrogens is 195 g/mol. The van der Waals surface area contributed by atoms with Crippen molar-refractivity contribution in [2.75, 3.05) is 0 Å². The standard InChI is InChI=1S/Li.H2O4S.H3O4Si/c;2*1-5(2,3)4/h;(H2,1,2,3,4);1-3H/q+1;;-1. The Labute approximate surface area is 75.4 Å². The molecule has 0 saturated heterocycles. The Kier molecular flexibility index (Phi) is 9.72. The molecule has 0 rings (SSSR count). The van der Waals surface area contributed by atoms with Crippen molar-refractivity contribution in [2.24, 2.45) is 0 Å². The summed E-state index contributed by atoms with van der Waals surface area (Å²) >= 11 is 0. The van der Waals surface area contributed by atoms with Gasteiger partial charge in [0.15, 0.2) is 0 Å². The van der Waals surface area contributed by atoms with Crippen molar-refractivity contribution in [3.05, 3.63) is 0 Å². The molecule has 0 aliphatic carbocycles. The Morgan fingerprint density at radius 1 is 1.09 bits per heavy atom. The van der Waals surface area contributed by atoms with Gasteiger partial charge in [0.2, 0.25) is 0 Å². The van der Waals surface area contributed by atoms with E-state index in [1.165, 1.54) is 0 Å². The zero-order valence-electron chi connectivity index (χ0n) is 5.37. The normalized spacial score (nSPS) is 10.7. The van der Waals surface area contributed by atoms with Crippen LogP contribution in [0.2, 0.25) is 0 Å². The molecule has 0 amide bonds. The number of rotatable bonds is 0. The van der Waals surface area contributed by atoms with Crippen LogP contribution in [0.3, 0.4) is 0 Å². The Balaban J connectivity index is -0.000000107. The fraction of sp³-hybridized carbons (Fsp3) is 0. The van der Waals surface area contributed by atoms with Crippen molar-refractivity contribution < 1.29 is 55.6 Å². The quantitative estimate of drug-likeness (QED) is 0.190. The maximum atomic E-state index is 8.91. The predicted octanol–water partition coefficient (Wildman–Crippen LogP) is -6.89. The van der Waals surface area contributed by atoms with Crippen LogP contribution in [-0.2, 0) is 10.4 Å². The second-order valence-electron chi connectivity index (χ2n) is 1.02. The topological polar surface area (TPSA) is 158 Å². The molecule has 0 aliphatic heterocycles. The summed E-state index contributed by atoms with van der Waals surface area (Å²) in [5.74, 6) is 0. The first-order chi connectivity index (χ1) is 4.00. The summed E-state index contributed by atoms with van der Waals surface area (Å²) in [4.78, 5) is 30.6. The largest absolute Gasteiger partial charge is 1.00 e. The Morgan fingerprint density at radius 2 is 1.09 bits per heavy atom. The molecule has 11 heavy (non-hydrogen) atoms. The van der Waals surface area contributed by atoms with Gasteiger partial charge in [0.1, 0.15) is 0 Å². The maximum absolute atomic E-state index is 8.91. The molecule has 0 aliphatic rings. The smallest absolute Gasteiger partial charge is 0.794 e. The maximum Gasteiger partial charge on any atom is 1.00 e. The summed E-state index contributed by atoms with van der Waals surface area (Å²) in [5, 5.41) is 0. The van der Waals surface area contributed by atoms with E-state index in [0.717, 1.165) is 0 Å². The Hall–Kier alpha value is 0.524. The van der Waals surface area contributed by atoms with Gasteiger partial charge in [0, 0.05) is 0 Å². The average Bonchev–Trinajstić information content (AvgIpc) is 1.12. The molecule has 8 nitrogen and oxygen atoms in total. The van der Waals surface area contributed by atoms with Gasteiger partial charge in [0.25, 0.3) is 0 Å². The molecule has 0 aromatic rings. The minimum absolute atomic E-state index is 0. The van der Waals surface area contributed by atoms with Gasteiger partial charge in [-0.2, -0.15) is 8.42 Å². The Morgan fingerprint density at radius 3 is 1.09 bits per heavy atom. The molecule has 0 fully saturated rings. The van der Waals surface area contributed by atoms with Gasteiger partial charge in [-0.1, -0.05) is 0 Å². The van der Waals surface area contributed by atoms with Crippen LogP contribution in [-0.4, -0.2) is 41.0 Å². The summed E-state index contributed by atoms with van der Waals surface area (Å²) < 4.78 is 31.6. The molecule has 5 N–H and O–H groups in total. The molecule has 0 spiro atoms. The molecule has 0 unspecified atom stereocenters. The molecule has 0 radical (unpaired) electrons. The van der Waals surface area contributed by atoms with Crippen molar-refractivity contribution in [3.63, 3.8) is 0 Å². The first-order valence-corrected chi connectivity index (χ1v) is 4.72. The second-order valence-corrected chi connectivity index (χ2v) is 3.07. The molecule has 0 aromatic carbocycles. The van der Waals surface area contributed by atoms with Gasteiger partial charge in [-0.15, -0.1) is 0 Å². The molecule has 0 heterocycles. The third kappa shape index (κ3) is 2780. The van der Waals surface area contributed by atoms with Crippen LogP contribution < -0.4 is 23.7 Å². The van der Waals surface area contributed by atoms with Gasteiger partial charge < -0.3 is 19.2 Å². The van der Waals surface area contributed by atoms with E-state index in [1.807, 2.05) is 0 Å². The van der Waals surface area contributed by atoms with Crippen molar-refractivity contribution >= 4 is 19.4 Å². The van der Waals surface area contributed by atoms with Crippen LogP contribution in [0.1, 0.15) is 0 Å². The molecule has 0 aromatic heterocycles. The van der Waals surface area contributed by atoms with Gasteiger partial charge in [-0.3, -0.25) is 9.11 Å². The van der Waals surface area contributed by atoms with Crippen molar-refractivity contribution in [1.82, 2.24) is 0 Å². The van der Waals surface area contributed by atoms with E-state index in [2.05, 4.69) is 0 Å². The predicted molar refractivity (Wildman–Crippen MR) is 26.6 cm³/mol. The van der Waals surface area contributed by atoms with Crippen LogP contribution in [0.4, 0.5) is 0 Å². The molecule has 64 valence electrons. The molecule has 11 heteroatoms. The minimum Gasteiger partial charge on any atom is -0.794 e. The van der Waals surface area contributed by atoms with Crippen molar-refractivity contribution in [2.45, 2.75) is 0 Å². The zero-order valence-corrected chi connectivity index (χ0v) is 7.19. The summed E-state index contributed by atoms with van der Waals surface area (Å²) in [6.45, 7) is 0. The van der Waals surface area contributed by atoms with Crippen molar-refractivity contribution in [3.8, 4) is 0 Å². The van der Waals surface area contributed by atoms with Gasteiger partial charge in [0.05, 0.1) is 0 Å². The summed E-state index contributed by atoms with van der Waals surface area (Å²) in [7, 11) is -9.53. The van der Waals surface area contributed by atoms with Gasteiger partial charge >= 0.3 is 38.3 Å². The molecule has 0 atom stereocenters. The number of hydrogen-bond donors (Lipinski definition) is 5. The van der Waals surface area contributed by atoms with Crippen LogP contribution >= 0.6 is 0 Å². The van der Waals surface area contributed by atoms with E-state index in [1.54, 1.807) is 0 Å². The summed E-state index contributed by atoms with van der Waals surface area (Å²) in [6, 6.07) is 0. The van der Waals surface area contributed by atoms with E-state index < -0.39 is 19.4 Å². The van der Waals surface area contributed by atoms with Gasteiger partial charge in [-0.05, 0) is 0 Å². The van der Waals surface area contributed by atoms with Crippen LogP contribution in [0.5, 0.6) is 0 Å². The monoisotopic (exact) mass is 200 g/mol. The fourth-order valence-corrected chi connectivity index (χ4v) is 0. The van der Waals surface area contributed by atoms with Crippen LogP contribution in [0, 0.1) is 0 Å². The third-order valence-electron chi connectivity index (χ3n) is 0. The van der Waals surface area contributed by atoms with E-state index in [9.17, 15) is 0 Å². The number of hydrogen-bond acceptors (Lipinski definition) is 6. The summed E-state index contributed by atoms with van der Waals surface area (Å²) in [6.07, 6.45) is 0.